The minimum absolute atomic E-state index is 0.804. The van der Waals surface area contributed by atoms with E-state index < -0.39 is 0 Å². The molecule has 0 radical (unpaired) electrons. The summed E-state index contributed by atoms with van der Waals surface area (Å²) in [5, 5.41) is 0. The van der Waals surface area contributed by atoms with Gasteiger partial charge in [0.15, 0.2) is 0 Å². The molecule has 0 amide bonds. The van der Waals surface area contributed by atoms with Crippen molar-refractivity contribution in [3.63, 3.8) is 0 Å². The second-order valence-corrected chi connectivity index (χ2v) is 5.30. The van der Waals surface area contributed by atoms with Gasteiger partial charge in [0, 0.05) is 0 Å². The van der Waals surface area contributed by atoms with E-state index in [1.807, 2.05) is 0 Å². The molecule has 0 aromatic carbocycles. The fraction of sp³-hybridized carbons (Fsp3) is 0.636. The molecule has 0 heterocycles. The topological polar surface area (TPSA) is 0 Å². The molecule has 2 aliphatic rings. The van der Waals surface area contributed by atoms with E-state index in [1.165, 1.54) is 25.7 Å². The Balaban J connectivity index is 2.39. The van der Waals surface area contributed by atoms with E-state index in [0.717, 1.165) is 5.92 Å². The molecule has 12 heavy (non-hydrogen) atoms. The SMILES string of the molecule is CC1=[C]([Zr+3])C(C)C2=C1CCCC2. The third kappa shape index (κ3) is 1.21. The molecule has 0 saturated heterocycles. The van der Waals surface area contributed by atoms with Crippen molar-refractivity contribution >= 4 is 0 Å². The zero-order chi connectivity index (χ0) is 8.72. The van der Waals surface area contributed by atoms with E-state index in [4.69, 9.17) is 0 Å². The third-order valence-corrected chi connectivity index (χ3v) is 5.31. The van der Waals surface area contributed by atoms with Gasteiger partial charge in [-0.3, -0.25) is 0 Å². The van der Waals surface area contributed by atoms with Crippen LogP contribution in [-0.2, 0) is 24.7 Å². The van der Waals surface area contributed by atoms with Crippen molar-refractivity contribution in [2.45, 2.75) is 39.5 Å². The van der Waals surface area contributed by atoms with Crippen LogP contribution in [0.4, 0.5) is 0 Å². The Labute approximate surface area is 90.0 Å². The average molecular weight is 238 g/mol. The molecule has 0 fully saturated rings. The number of hydrogen-bond donors (Lipinski definition) is 0. The molecule has 2 aliphatic carbocycles. The summed E-state index contributed by atoms with van der Waals surface area (Å²) in [5.74, 6) is 0.804. The van der Waals surface area contributed by atoms with Crippen molar-refractivity contribution in [2.75, 3.05) is 0 Å². The van der Waals surface area contributed by atoms with Crippen LogP contribution in [0.5, 0.6) is 0 Å². The Morgan fingerprint density at radius 1 is 1.25 bits per heavy atom. The van der Waals surface area contributed by atoms with E-state index in [2.05, 4.69) is 13.8 Å². The Morgan fingerprint density at radius 2 is 1.92 bits per heavy atom. The molecule has 1 unspecified atom stereocenters. The second kappa shape index (κ2) is 3.25. The summed E-state index contributed by atoms with van der Waals surface area (Å²) in [6.07, 6.45) is 5.60. The van der Waals surface area contributed by atoms with Crippen LogP contribution in [0.2, 0.25) is 0 Å². The first-order valence-electron chi connectivity index (χ1n) is 4.86. The molecule has 0 saturated carbocycles. The summed E-state index contributed by atoms with van der Waals surface area (Å²) < 4.78 is 1.72. The Kier molecular flexibility index (Phi) is 2.42. The molecule has 0 nitrogen and oxygen atoms in total. The number of rotatable bonds is 0. The molecule has 2 rings (SSSR count). The van der Waals surface area contributed by atoms with Crippen LogP contribution in [0.15, 0.2) is 20.0 Å². The number of allylic oxidation sites excluding steroid dienone is 4. The molecule has 0 aliphatic heterocycles. The van der Waals surface area contributed by atoms with Crippen LogP contribution < -0.4 is 0 Å². The summed E-state index contributed by atoms with van der Waals surface area (Å²) in [6, 6.07) is 0. The molecule has 0 aromatic heterocycles. The second-order valence-electron chi connectivity index (χ2n) is 3.97. The zero-order valence-corrected chi connectivity index (χ0v) is 10.4. The van der Waals surface area contributed by atoms with Crippen molar-refractivity contribution in [2.24, 2.45) is 5.92 Å². The molecule has 0 spiro atoms. The first kappa shape index (κ1) is 8.94. The maximum atomic E-state index is 2.39. The van der Waals surface area contributed by atoms with Gasteiger partial charge in [0.05, 0.1) is 0 Å². The van der Waals surface area contributed by atoms with Gasteiger partial charge in [-0.1, -0.05) is 0 Å². The van der Waals surface area contributed by atoms with Crippen molar-refractivity contribution in [3.8, 4) is 0 Å². The van der Waals surface area contributed by atoms with E-state index >= 15 is 0 Å². The predicted octanol–water partition coefficient (Wildman–Crippen LogP) is 3.33. The van der Waals surface area contributed by atoms with Crippen molar-refractivity contribution < 1.29 is 24.7 Å². The van der Waals surface area contributed by atoms with Gasteiger partial charge in [0.1, 0.15) is 0 Å². The first-order chi connectivity index (χ1) is 5.72. The van der Waals surface area contributed by atoms with Gasteiger partial charge in [-0.15, -0.1) is 0 Å². The average Bonchev–Trinajstić information content (AvgIpc) is 2.33. The Bertz CT molecular complexity index is 271. The van der Waals surface area contributed by atoms with E-state index in [0.29, 0.717) is 0 Å². The fourth-order valence-electron chi connectivity index (χ4n) is 2.50. The molecule has 60 valence electrons. The van der Waals surface area contributed by atoms with Crippen LogP contribution >= 0.6 is 0 Å². The van der Waals surface area contributed by atoms with Gasteiger partial charge >= 0.3 is 90.2 Å². The molecule has 0 N–H and O–H groups in total. The van der Waals surface area contributed by atoms with E-state index in [-0.39, 0.29) is 0 Å². The van der Waals surface area contributed by atoms with Crippen molar-refractivity contribution in [1.82, 2.24) is 0 Å². The van der Waals surface area contributed by atoms with Crippen LogP contribution in [0.25, 0.3) is 0 Å². The fourth-order valence-corrected chi connectivity index (χ4v) is 3.30. The van der Waals surface area contributed by atoms with Gasteiger partial charge in [-0.25, -0.2) is 0 Å². The molecule has 1 atom stereocenters. The Morgan fingerprint density at radius 3 is 2.58 bits per heavy atom. The van der Waals surface area contributed by atoms with Gasteiger partial charge in [0.2, 0.25) is 0 Å². The maximum absolute atomic E-state index is 2.39. The quantitative estimate of drug-likeness (QED) is 0.607. The molecule has 0 bridgehead atoms. The Hall–Kier alpha value is 0.363. The predicted molar refractivity (Wildman–Crippen MR) is 47.4 cm³/mol. The molecule has 0 aromatic rings. The summed E-state index contributed by atoms with van der Waals surface area (Å²) in [5.41, 5.74) is 5.17. The van der Waals surface area contributed by atoms with E-state index in [1.54, 1.807) is 44.7 Å². The van der Waals surface area contributed by atoms with Crippen molar-refractivity contribution in [1.29, 1.82) is 0 Å². The number of hydrogen-bond acceptors (Lipinski definition) is 0. The monoisotopic (exact) mass is 237 g/mol. The van der Waals surface area contributed by atoms with Crippen LogP contribution in [-0.4, -0.2) is 0 Å². The summed E-state index contributed by atoms with van der Waals surface area (Å²) in [4.78, 5) is 0. The van der Waals surface area contributed by atoms with Gasteiger partial charge < -0.3 is 0 Å². The van der Waals surface area contributed by atoms with Gasteiger partial charge in [-0.05, 0) is 0 Å². The third-order valence-electron chi connectivity index (χ3n) is 3.32. The first-order valence-corrected chi connectivity index (χ1v) is 6.09. The molecular formula is C11H15Zr+3. The van der Waals surface area contributed by atoms with Crippen molar-refractivity contribution in [3.05, 3.63) is 20.0 Å². The molecular weight excluding hydrogens is 223 g/mol. The summed E-state index contributed by atoms with van der Waals surface area (Å²) in [6.45, 7) is 4.72. The molecule has 1 heteroatoms. The van der Waals surface area contributed by atoms with Crippen LogP contribution in [0.3, 0.4) is 0 Å². The van der Waals surface area contributed by atoms with Crippen LogP contribution in [0, 0.1) is 5.92 Å². The minimum atomic E-state index is 0.804. The van der Waals surface area contributed by atoms with Gasteiger partial charge in [-0.2, -0.15) is 0 Å². The normalized spacial score (nSPS) is 29.8. The summed E-state index contributed by atoms with van der Waals surface area (Å²) >= 11 is 1.64. The van der Waals surface area contributed by atoms with Crippen LogP contribution in [0.1, 0.15) is 39.5 Å². The van der Waals surface area contributed by atoms with E-state index in [9.17, 15) is 0 Å². The summed E-state index contributed by atoms with van der Waals surface area (Å²) in [7, 11) is 0. The van der Waals surface area contributed by atoms with Gasteiger partial charge in [0.25, 0.3) is 0 Å². The zero-order valence-electron chi connectivity index (χ0n) is 7.91. The standard InChI is InChI=1S/C11H15.Zr/c1-8-7-9(2)11-6-4-3-5-10(8)11;/h8H,3-6H2,1-2H3;/q;+3.